The van der Waals surface area contributed by atoms with Crippen molar-refractivity contribution in [2.45, 2.75) is 6.42 Å². The standard InChI is InChI=1S/C10H8BrNO2S2/c1-14-9(13)4-6-5-15-10(12-6)7-2-3-8(11)16-7/h2-3,5H,4H2,1H3. The lowest BCUT2D eigenvalue weighted by Crippen LogP contribution is -2.04. The second kappa shape index (κ2) is 5.07. The highest BCUT2D eigenvalue weighted by Crippen LogP contribution is 2.33. The Labute approximate surface area is 109 Å². The quantitative estimate of drug-likeness (QED) is 0.815. The molecule has 2 heterocycles. The van der Waals surface area contributed by atoms with Gasteiger partial charge in [-0.15, -0.1) is 22.7 Å². The van der Waals surface area contributed by atoms with Crippen LogP contribution in [0.4, 0.5) is 0 Å². The van der Waals surface area contributed by atoms with Crippen LogP contribution in [0, 0.1) is 0 Å². The van der Waals surface area contributed by atoms with E-state index in [-0.39, 0.29) is 12.4 Å². The summed E-state index contributed by atoms with van der Waals surface area (Å²) in [6.45, 7) is 0. The number of esters is 1. The normalized spacial score (nSPS) is 10.4. The van der Waals surface area contributed by atoms with Gasteiger partial charge in [0.25, 0.3) is 0 Å². The molecule has 2 rings (SSSR count). The van der Waals surface area contributed by atoms with Crippen LogP contribution >= 0.6 is 38.6 Å². The number of thiazole rings is 1. The van der Waals surface area contributed by atoms with Gasteiger partial charge in [-0.25, -0.2) is 4.98 Å². The molecule has 84 valence electrons. The molecule has 2 aromatic heterocycles. The molecule has 0 saturated carbocycles. The molecule has 0 atom stereocenters. The summed E-state index contributed by atoms with van der Waals surface area (Å²) in [6.07, 6.45) is 0.236. The molecule has 16 heavy (non-hydrogen) atoms. The number of ether oxygens (including phenoxy) is 1. The lowest BCUT2D eigenvalue weighted by molar-refractivity contribution is -0.139. The van der Waals surface area contributed by atoms with Gasteiger partial charge in [-0.3, -0.25) is 4.79 Å². The van der Waals surface area contributed by atoms with E-state index >= 15 is 0 Å². The van der Waals surface area contributed by atoms with Crippen molar-refractivity contribution in [3.8, 4) is 9.88 Å². The number of carbonyl (C=O) groups excluding carboxylic acids is 1. The van der Waals surface area contributed by atoms with Crippen molar-refractivity contribution >= 4 is 44.6 Å². The summed E-state index contributed by atoms with van der Waals surface area (Å²) >= 11 is 6.58. The van der Waals surface area contributed by atoms with Gasteiger partial charge < -0.3 is 4.74 Å². The number of carbonyl (C=O) groups is 1. The van der Waals surface area contributed by atoms with E-state index in [0.29, 0.717) is 0 Å². The van der Waals surface area contributed by atoms with Crippen molar-refractivity contribution < 1.29 is 9.53 Å². The molecule has 0 aliphatic rings. The van der Waals surface area contributed by atoms with Crippen LogP contribution in [-0.2, 0) is 16.0 Å². The Bertz CT molecular complexity index is 506. The van der Waals surface area contributed by atoms with Gasteiger partial charge in [-0.1, -0.05) is 0 Å². The summed E-state index contributed by atoms with van der Waals surface area (Å²) in [4.78, 5) is 16.6. The van der Waals surface area contributed by atoms with Gasteiger partial charge in [0.1, 0.15) is 5.01 Å². The minimum atomic E-state index is -0.260. The monoisotopic (exact) mass is 317 g/mol. The van der Waals surface area contributed by atoms with Crippen LogP contribution < -0.4 is 0 Å². The zero-order chi connectivity index (χ0) is 11.5. The predicted molar refractivity (Wildman–Crippen MR) is 68.8 cm³/mol. The van der Waals surface area contributed by atoms with Crippen molar-refractivity contribution in [2.75, 3.05) is 7.11 Å². The first-order valence-corrected chi connectivity index (χ1v) is 6.95. The van der Waals surface area contributed by atoms with Crippen LogP contribution in [0.1, 0.15) is 5.69 Å². The molecule has 0 radical (unpaired) electrons. The van der Waals surface area contributed by atoms with Gasteiger partial charge in [-0.2, -0.15) is 0 Å². The fraction of sp³-hybridized carbons (Fsp3) is 0.200. The number of rotatable bonds is 3. The van der Waals surface area contributed by atoms with Gasteiger partial charge in [0.15, 0.2) is 0 Å². The summed E-state index contributed by atoms with van der Waals surface area (Å²) in [5.74, 6) is -0.260. The predicted octanol–water partition coefficient (Wildman–Crippen LogP) is 3.35. The van der Waals surface area contributed by atoms with Gasteiger partial charge in [0, 0.05) is 5.38 Å². The maximum absolute atomic E-state index is 11.1. The number of halogens is 1. The molecule has 0 bridgehead atoms. The van der Waals surface area contributed by atoms with Crippen molar-refractivity contribution in [2.24, 2.45) is 0 Å². The van der Waals surface area contributed by atoms with Gasteiger partial charge in [0.2, 0.25) is 0 Å². The second-order valence-electron chi connectivity index (χ2n) is 3.00. The van der Waals surface area contributed by atoms with Gasteiger partial charge >= 0.3 is 5.97 Å². The first-order chi connectivity index (χ1) is 7.69. The minimum Gasteiger partial charge on any atom is -0.469 e. The second-order valence-corrected chi connectivity index (χ2v) is 6.32. The third kappa shape index (κ3) is 2.69. The molecule has 2 aromatic rings. The third-order valence-electron chi connectivity index (χ3n) is 1.89. The highest BCUT2D eigenvalue weighted by Gasteiger charge is 2.10. The van der Waals surface area contributed by atoms with E-state index in [1.165, 1.54) is 18.4 Å². The van der Waals surface area contributed by atoms with Gasteiger partial charge in [-0.05, 0) is 28.1 Å². The highest BCUT2D eigenvalue weighted by atomic mass is 79.9. The fourth-order valence-electron chi connectivity index (χ4n) is 1.15. The smallest absolute Gasteiger partial charge is 0.311 e. The Balaban J connectivity index is 2.16. The van der Waals surface area contributed by atoms with E-state index in [2.05, 4.69) is 25.7 Å². The molecule has 0 unspecified atom stereocenters. The molecular formula is C10H8BrNO2S2. The molecule has 0 spiro atoms. The molecule has 0 aliphatic heterocycles. The Morgan fingerprint density at radius 1 is 1.56 bits per heavy atom. The van der Waals surface area contributed by atoms with Crippen LogP contribution in [-0.4, -0.2) is 18.1 Å². The third-order valence-corrected chi connectivity index (χ3v) is 4.57. The number of hydrogen-bond donors (Lipinski definition) is 0. The van der Waals surface area contributed by atoms with Crippen molar-refractivity contribution in [3.05, 3.63) is 27.0 Å². The Hall–Kier alpha value is -0.720. The lowest BCUT2D eigenvalue weighted by Gasteiger charge is -1.93. The first-order valence-electron chi connectivity index (χ1n) is 4.46. The molecule has 3 nitrogen and oxygen atoms in total. The number of aromatic nitrogens is 1. The number of hydrogen-bond acceptors (Lipinski definition) is 5. The summed E-state index contributed by atoms with van der Waals surface area (Å²) in [5.41, 5.74) is 0.761. The summed E-state index contributed by atoms with van der Waals surface area (Å²) in [5, 5.41) is 2.83. The Kier molecular flexibility index (Phi) is 3.73. The minimum absolute atomic E-state index is 0.236. The van der Waals surface area contributed by atoms with Crippen LogP contribution in [0.15, 0.2) is 21.3 Å². The van der Waals surface area contributed by atoms with Crippen LogP contribution in [0.25, 0.3) is 9.88 Å². The Morgan fingerprint density at radius 3 is 3.00 bits per heavy atom. The van der Waals surface area contributed by atoms with E-state index in [1.54, 1.807) is 11.3 Å². The van der Waals surface area contributed by atoms with Gasteiger partial charge in [0.05, 0.1) is 27.9 Å². The molecule has 6 heteroatoms. The van der Waals surface area contributed by atoms with Crippen molar-refractivity contribution in [1.29, 1.82) is 0 Å². The van der Waals surface area contributed by atoms with E-state index in [9.17, 15) is 4.79 Å². The summed E-state index contributed by atoms with van der Waals surface area (Å²) in [6, 6.07) is 4.00. The SMILES string of the molecule is COC(=O)Cc1csc(-c2ccc(Br)s2)n1. The average molecular weight is 318 g/mol. The van der Waals surface area contributed by atoms with E-state index in [0.717, 1.165) is 19.4 Å². The molecule has 0 amide bonds. The molecular weight excluding hydrogens is 310 g/mol. The van der Waals surface area contributed by atoms with Crippen LogP contribution in [0.3, 0.4) is 0 Å². The number of methoxy groups -OCH3 is 1. The largest absolute Gasteiger partial charge is 0.469 e. The number of nitrogens with zero attached hydrogens (tertiary/aromatic N) is 1. The van der Waals surface area contributed by atoms with Crippen LogP contribution in [0.2, 0.25) is 0 Å². The maximum Gasteiger partial charge on any atom is 0.311 e. The Morgan fingerprint density at radius 2 is 2.38 bits per heavy atom. The van der Waals surface area contributed by atoms with E-state index in [1.807, 2.05) is 17.5 Å². The molecule has 0 N–H and O–H groups in total. The molecule has 0 aromatic carbocycles. The maximum atomic E-state index is 11.1. The lowest BCUT2D eigenvalue weighted by atomic mass is 10.3. The molecule has 0 aliphatic carbocycles. The van der Waals surface area contributed by atoms with Crippen LogP contribution in [0.5, 0.6) is 0 Å². The van der Waals surface area contributed by atoms with E-state index < -0.39 is 0 Å². The zero-order valence-electron chi connectivity index (χ0n) is 8.40. The molecule has 0 saturated heterocycles. The number of thiophene rings is 1. The van der Waals surface area contributed by atoms with E-state index in [4.69, 9.17) is 0 Å². The first kappa shape index (κ1) is 11.8. The fourth-order valence-corrected chi connectivity index (χ4v) is 3.43. The highest BCUT2D eigenvalue weighted by molar-refractivity contribution is 9.11. The summed E-state index contributed by atoms with van der Waals surface area (Å²) in [7, 11) is 1.38. The average Bonchev–Trinajstić information content (AvgIpc) is 2.87. The summed E-state index contributed by atoms with van der Waals surface area (Å²) < 4.78 is 5.67. The topological polar surface area (TPSA) is 39.2 Å². The van der Waals surface area contributed by atoms with Crippen molar-refractivity contribution in [3.63, 3.8) is 0 Å². The molecule has 0 fully saturated rings. The zero-order valence-corrected chi connectivity index (χ0v) is 11.6. The van der Waals surface area contributed by atoms with Crippen molar-refractivity contribution in [1.82, 2.24) is 4.98 Å².